The molecule has 0 aliphatic rings. The molecule has 0 atom stereocenters. The van der Waals surface area contributed by atoms with Crippen LogP contribution in [0.1, 0.15) is 51.4 Å². The number of rotatable bonds is 3. The van der Waals surface area contributed by atoms with E-state index in [0.717, 1.165) is 6.42 Å². The van der Waals surface area contributed by atoms with E-state index in [0.29, 0.717) is 0 Å². The topological polar surface area (TPSA) is 59.3 Å². The molecule has 1 N–H and O–H groups in total. The van der Waals surface area contributed by atoms with Gasteiger partial charge in [-0.05, 0) is 31.7 Å². The van der Waals surface area contributed by atoms with Gasteiger partial charge < -0.3 is 9.67 Å². The largest absolute Gasteiger partial charge is 0.478 e. The Morgan fingerprint density at radius 1 is 1.22 bits per heavy atom. The van der Waals surface area contributed by atoms with Crippen LogP contribution in [-0.2, 0) is 5.54 Å². The average Bonchev–Trinajstić information content (AvgIpc) is 2.13. The average molecular weight is 251 g/mol. The molecule has 0 aliphatic carbocycles. The summed E-state index contributed by atoms with van der Waals surface area (Å²) in [5.41, 5.74) is -0.394. The van der Waals surface area contributed by atoms with E-state index in [2.05, 4.69) is 20.8 Å². The highest BCUT2D eigenvalue weighted by Crippen LogP contribution is 2.31. The first-order valence-electron chi connectivity index (χ1n) is 5.99. The quantitative estimate of drug-likeness (QED) is 0.898. The molecule has 1 aromatic heterocycles. The molecule has 0 saturated heterocycles. The van der Waals surface area contributed by atoms with E-state index in [-0.39, 0.29) is 16.5 Å². The Balaban J connectivity index is 3.27. The van der Waals surface area contributed by atoms with Gasteiger partial charge in [0.2, 0.25) is 0 Å². The van der Waals surface area contributed by atoms with Crippen molar-refractivity contribution in [3.63, 3.8) is 0 Å². The van der Waals surface area contributed by atoms with Crippen LogP contribution in [0.4, 0.5) is 0 Å². The van der Waals surface area contributed by atoms with Gasteiger partial charge in [0.25, 0.3) is 5.56 Å². The summed E-state index contributed by atoms with van der Waals surface area (Å²) in [6, 6.07) is 2.65. The van der Waals surface area contributed by atoms with Crippen molar-refractivity contribution < 1.29 is 9.90 Å². The van der Waals surface area contributed by atoms with Crippen molar-refractivity contribution in [2.24, 2.45) is 5.41 Å². The molecule has 1 heterocycles. The minimum absolute atomic E-state index is 0.0577. The third-order valence-electron chi connectivity index (χ3n) is 2.77. The van der Waals surface area contributed by atoms with E-state index in [1.165, 1.54) is 22.9 Å². The predicted molar refractivity (Wildman–Crippen MR) is 71.1 cm³/mol. The van der Waals surface area contributed by atoms with E-state index in [9.17, 15) is 9.59 Å². The Hall–Kier alpha value is -1.58. The second-order valence-corrected chi connectivity index (χ2v) is 6.48. The summed E-state index contributed by atoms with van der Waals surface area (Å²) in [4.78, 5) is 22.9. The molecule has 0 amide bonds. The molecule has 18 heavy (non-hydrogen) atoms. The fourth-order valence-corrected chi connectivity index (χ4v) is 2.47. The van der Waals surface area contributed by atoms with Gasteiger partial charge in [-0.2, -0.15) is 0 Å². The van der Waals surface area contributed by atoms with Crippen LogP contribution in [0.2, 0.25) is 0 Å². The molecule has 100 valence electrons. The molecule has 0 bridgehead atoms. The minimum atomic E-state index is -1.02. The molecule has 1 aromatic rings. The summed E-state index contributed by atoms with van der Waals surface area (Å²) in [6.45, 7) is 10.2. The highest BCUT2D eigenvalue weighted by atomic mass is 16.4. The maximum absolute atomic E-state index is 11.9. The number of carboxylic acid groups (broad SMARTS) is 1. The SMILES string of the molecule is CC(C)(C)CC(C)(C)n1cc(C(=O)O)ccc1=O. The fraction of sp³-hybridized carbons (Fsp3) is 0.571. The molecule has 0 aromatic carbocycles. The lowest BCUT2D eigenvalue weighted by Crippen LogP contribution is -2.39. The van der Waals surface area contributed by atoms with E-state index in [1.807, 2.05) is 13.8 Å². The van der Waals surface area contributed by atoms with E-state index in [4.69, 9.17) is 5.11 Å². The highest BCUT2D eigenvalue weighted by molar-refractivity contribution is 5.87. The van der Waals surface area contributed by atoms with Crippen molar-refractivity contribution in [2.75, 3.05) is 0 Å². The monoisotopic (exact) mass is 251 g/mol. The van der Waals surface area contributed by atoms with Crippen molar-refractivity contribution in [1.29, 1.82) is 0 Å². The summed E-state index contributed by atoms with van der Waals surface area (Å²) in [7, 11) is 0. The van der Waals surface area contributed by atoms with Gasteiger partial charge in [-0.3, -0.25) is 4.79 Å². The van der Waals surface area contributed by atoms with Gasteiger partial charge in [0.1, 0.15) is 0 Å². The summed E-state index contributed by atoms with van der Waals surface area (Å²) < 4.78 is 1.52. The molecule has 0 radical (unpaired) electrons. The van der Waals surface area contributed by atoms with Crippen molar-refractivity contribution in [3.8, 4) is 0 Å². The van der Waals surface area contributed by atoms with Gasteiger partial charge in [0, 0.05) is 17.8 Å². The van der Waals surface area contributed by atoms with E-state index < -0.39 is 11.5 Å². The van der Waals surface area contributed by atoms with E-state index >= 15 is 0 Å². The molecule has 0 spiro atoms. The summed E-state index contributed by atoms with van der Waals surface area (Å²) >= 11 is 0. The normalized spacial score (nSPS) is 12.5. The minimum Gasteiger partial charge on any atom is -0.478 e. The summed E-state index contributed by atoms with van der Waals surface area (Å²) in [6.07, 6.45) is 2.21. The number of hydrogen-bond donors (Lipinski definition) is 1. The Bertz CT molecular complexity index is 507. The molecule has 0 fully saturated rings. The highest BCUT2D eigenvalue weighted by Gasteiger charge is 2.28. The number of hydrogen-bond acceptors (Lipinski definition) is 2. The molecular weight excluding hydrogens is 230 g/mol. The Labute approximate surface area is 107 Å². The number of nitrogens with zero attached hydrogens (tertiary/aromatic N) is 1. The van der Waals surface area contributed by atoms with Crippen LogP contribution >= 0.6 is 0 Å². The number of carbonyl (C=O) groups is 1. The smallest absolute Gasteiger partial charge is 0.337 e. The maximum Gasteiger partial charge on any atom is 0.337 e. The van der Waals surface area contributed by atoms with Crippen LogP contribution in [0.3, 0.4) is 0 Å². The second-order valence-electron chi connectivity index (χ2n) is 6.48. The maximum atomic E-state index is 11.9. The third-order valence-corrected chi connectivity index (χ3v) is 2.77. The van der Waals surface area contributed by atoms with Crippen LogP contribution in [0.15, 0.2) is 23.1 Å². The van der Waals surface area contributed by atoms with Crippen LogP contribution in [0, 0.1) is 5.41 Å². The number of aromatic nitrogens is 1. The zero-order chi connectivity index (χ0) is 14.1. The molecule has 1 rings (SSSR count). The van der Waals surface area contributed by atoms with Gasteiger partial charge in [-0.25, -0.2) is 4.79 Å². The van der Waals surface area contributed by atoms with Crippen molar-refractivity contribution in [1.82, 2.24) is 4.57 Å². The molecular formula is C14H21NO3. The lowest BCUT2D eigenvalue weighted by Gasteiger charge is -2.34. The molecule has 0 saturated carbocycles. The fourth-order valence-electron chi connectivity index (χ4n) is 2.47. The van der Waals surface area contributed by atoms with Crippen LogP contribution < -0.4 is 5.56 Å². The number of aromatic carboxylic acids is 1. The summed E-state index contributed by atoms with van der Waals surface area (Å²) in [5.74, 6) is -1.02. The standard InChI is InChI=1S/C14H21NO3/c1-13(2,3)9-14(4,5)15-8-10(12(17)18)6-7-11(15)16/h6-8H,9H2,1-5H3,(H,17,18). The molecule has 0 unspecified atom stereocenters. The van der Waals surface area contributed by atoms with Crippen molar-refractivity contribution in [3.05, 3.63) is 34.2 Å². The first kappa shape index (κ1) is 14.5. The molecule has 0 aliphatic heterocycles. The van der Waals surface area contributed by atoms with Crippen molar-refractivity contribution in [2.45, 2.75) is 46.6 Å². The van der Waals surface area contributed by atoms with E-state index in [1.54, 1.807) is 0 Å². The molecule has 4 heteroatoms. The zero-order valence-corrected chi connectivity index (χ0v) is 11.7. The molecule has 4 nitrogen and oxygen atoms in total. The number of carboxylic acids is 1. The second kappa shape index (κ2) is 4.59. The lowest BCUT2D eigenvalue weighted by molar-refractivity contribution is 0.0695. The third kappa shape index (κ3) is 3.45. The van der Waals surface area contributed by atoms with Gasteiger partial charge in [-0.1, -0.05) is 20.8 Å². The van der Waals surface area contributed by atoms with Gasteiger partial charge in [0.05, 0.1) is 5.56 Å². The Kier molecular flexibility index (Phi) is 3.70. The van der Waals surface area contributed by atoms with Gasteiger partial charge >= 0.3 is 5.97 Å². The van der Waals surface area contributed by atoms with Gasteiger partial charge in [0.15, 0.2) is 0 Å². The van der Waals surface area contributed by atoms with Gasteiger partial charge in [-0.15, -0.1) is 0 Å². The first-order valence-corrected chi connectivity index (χ1v) is 5.99. The first-order chi connectivity index (χ1) is 8.03. The number of pyridine rings is 1. The summed E-state index contributed by atoms with van der Waals surface area (Å²) in [5, 5.41) is 8.98. The van der Waals surface area contributed by atoms with Crippen molar-refractivity contribution >= 4 is 5.97 Å². The van der Waals surface area contributed by atoms with Crippen LogP contribution in [0.25, 0.3) is 0 Å². The zero-order valence-electron chi connectivity index (χ0n) is 11.7. The Morgan fingerprint density at radius 2 is 1.78 bits per heavy atom. The predicted octanol–water partition coefficient (Wildman–Crippen LogP) is 2.72. The lowest BCUT2D eigenvalue weighted by atomic mass is 9.81. The van der Waals surface area contributed by atoms with Crippen LogP contribution in [-0.4, -0.2) is 15.6 Å². The van der Waals surface area contributed by atoms with Crippen LogP contribution in [0.5, 0.6) is 0 Å². The Morgan fingerprint density at radius 3 is 2.22 bits per heavy atom.